The van der Waals surface area contributed by atoms with Crippen LogP contribution in [0.5, 0.6) is 0 Å². The first-order valence-corrected chi connectivity index (χ1v) is 5.68. The van der Waals surface area contributed by atoms with Crippen molar-refractivity contribution in [1.82, 2.24) is 0 Å². The van der Waals surface area contributed by atoms with Crippen molar-refractivity contribution in [3.8, 4) is 6.07 Å². The summed E-state index contributed by atoms with van der Waals surface area (Å²) in [5.74, 6) is 0. The first-order chi connectivity index (χ1) is 7.16. The third-order valence-electron chi connectivity index (χ3n) is 2.23. The second-order valence-corrected chi connectivity index (χ2v) is 3.91. The molecule has 0 aliphatic heterocycles. The fourth-order valence-electron chi connectivity index (χ4n) is 1.37. The van der Waals surface area contributed by atoms with Crippen molar-refractivity contribution in [3.63, 3.8) is 0 Å². The van der Waals surface area contributed by atoms with Gasteiger partial charge in [0.05, 0.1) is 11.6 Å². The minimum Gasteiger partial charge on any atom is -0.384 e. The lowest BCUT2D eigenvalue weighted by molar-refractivity contribution is 0.0673. The van der Waals surface area contributed by atoms with Crippen LogP contribution in [0.1, 0.15) is 17.5 Å². The van der Waals surface area contributed by atoms with E-state index in [1.54, 1.807) is 24.3 Å². The van der Waals surface area contributed by atoms with E-state index in [4.69, 9.17) is 5.26 Å². The lowest BCUT2D eigenvalue weighted by atomic mass is 9.91. The van der Waals surface area contributed by atoms with Crippen LogP contribution in [0.15, 0.2) is 36.9 Å². The van der Waals surface area contributed by atoms with Gasteiger partial charge >= 0.3 is 0 Å². The van der Waals surface area contributed by atoms with Crippen molar-refractivity contribution in [1.29, 1.82) is 5.26 Å². The third kappa shape index (κ3) is 2.68. The molecular formula is C12H12BrNO. The molecule has 2 nitrogen and oxygen atoms in total. The van der Waals surface area contributed by atoms with E-state index in [9.17, 15) is 5.11 Å². The van der Waals surface area contributed by atoms with E-state index >= 15 is 0 Å². The second-order valence-electron chi connectivity index (χ2n) is 3.35. The van der Waals surface area contributed by atoms with Gasteiger partial charge in [-0.05, 0) is 24.1 Å². The summed E-state index contributed by atoms with van der Waals surface area (Å²) in [6, 6.07) is 9.05. The topological polar surface area (TPSA) is 44.0 Å². The number of hydrogen-bond donors (Lipinski definition) is 1. The normalized spacial score (nSPS) is 13.9. The number of nitriles is 1. The maximum Gasteiger partial charge on any atom is 0.103 e. The molecule has 0 aliphatic carbocycles. The molecular weight excluding hydrogens is 254 g/mol. The summed E-state index contributed by atoms with van der Waals surface area (Å²) < 4.78 is 0. The number of rotatable bonds is 4. The summed E-state index contributed by atoms with van der Waals surface area (Å²) in [5.41, 5.74) is 0.309. The molecule has 1 rings (SSSR count). The minimum atomic E-state index is -0.978. The number of hydrogen-bond acceptors (Lipinski definition) is 2. The Kier molecular flexibility index (Phi) is 4.07. The predicted octanol–water partition coefficient (Wildman–Crippen LogP) is 2.72. The fraction of sp³-hybridized carbons (Fsp3) is 0.250. The monoisotopic (exact) mass is 265 g/mol. The minimum absolute atomic E-state index is 0.418. The molecule has 1 N–H and O–H groups in total. The van der Waals surface area contributed by atoms with Gasteiger partial charge in [-0.2, -0.15) is 5.26 Å². The zero-order chi connectivity index (χ0) is 11.3. The van der Waals surface area contributed by atoms with Crippen molar-refractivity contribution in [3.05, 3.63) is 48.0 Å². The molecule has 0 saturated heterocycles. The Bertz CT molecular complexity index is 397. The Morgan fingerprint density at radius 2 is 2.33 bits per heavy atom. The van der Waals surface area contributed by atoms with Crippen LogP contribution < -0.4 is 0 Å². The van der Waals surface area contributed by atoms with Crippen molar-refractivity contribution in [2.75, 3.05) is 5.33 Å². The highest BCUT2D eigenvalue weighted by Crippen LogP contribution is 2.28. The quantitative estimate of drug-likeness (QED) is 0.672. The van der Waals surface area contributed by atoms with Crippen molar-refractivity contribution in [2.24, 2.45) is 0 Å². The Morgan fingerprint density at radius 1 is 1.60 bits per heavy atom. The Morgan fingerprint density at radius 3 is 2.87 bits per heavy atom. The molecule has 0 fully saturated rings. The standard InChI is InChI=1S/C12H12BrNO/c1-2-6-12(15,9-13)11-5-3-4-10(7-11)8-14/h2-5,7,15H,1,6,9H2. The molecule has 1 aromatic carbocycles. The molecule has 3 heteroatoms. The molecule has 0 spiro atoms. The van der Waals surface area contributed by atoms with Gasteiger partial charge in [0, 0.05) is 5.33 Å². The molecule has 1 unspecified atom stereocenters. The lowest BCUT2D eigenvalue weighted by Gasteiger charge is -2.25. The van der Waals surface area contributed by atoms with Crippen LogP contribution in [0.4, 0.5) is 0 Å². The summed E-state index contributed by atoms with van der Waals surface area (Å²) in [6.45, 7) is 3.62. The summed E-state index contributed by atoms with van der Waals surface area (Å²) in [4.78, 5) is 0. The van der Waals surface area contributed by atoms with Gasteiger partial charge in [-0.3, -0.25) is 0 Å². The van der Waals surface area contributed by atoms with Crippen LogP contribution in [0, 0.1) is 11.3 Å². The maximum atomic E-state index is 10.3. The van der Waals surface area contributed by atoms with Crippen LogP contribution in [-0.2, 0) is 5.60 Å². The zero-order valence-corrected chi connectivity index (χ0v) is 9.87. The van der Waals surface area contributed by atoms with Crippen LogP contribution >= 0.6 is 15.9 Å². The molecule has 0 aromatic heterocycles. The average molecular weight is 266 g/mol. The van der Waals surface area contributed by atoms with E-state index in [0.29, 0.717) is 17.3 Å². The summed E-state index contributed by atoms with van der Waals surface area (Å²) in [6.07, 6.45) is 2.12. The molecule has 0 heterocycles. The molecule has 1 atom stereocenters. The van der Waals surface area contributed by atoms with E-state index in [2.05, 4.69) is 28.6 Å². The maximum absolute atomic E-state index is 10.3. The van der Waals surface area contributed by atoms with Gasteiger partial charge in [-0.1, -0.05) is 34.1 Å². The Balaban J connectivity index is 3.12. The second kappa shape index (κ2) is 5.11. The summed E-state index contributed by atoms with van der Waals surface area (Å²) in [7, 11) is 0. The van der Waals surface area contributed by atoms with Crippen LogP contribution in [0.25, 0.3) is 0 Å². The van der Waals surface area contributed by atoms with Crippen molar-refractivity contribution < 1.29 is 5.11 Å². The predicted molar refractivity (Wildman–Crippen MR) is 63.7 cm³/mol. The first-order valence-electron chi connectivity index (χ1n) is 4.56. The van der Waals surface area contributed by atoms with Gasteiger partial charge in [0.15, 0.2) is 0 Å². The van der Waals surface area contributed by atoms with Gasteiger partial charge in [-0.25, -0.2) is 0 Å². The highest BCUT2D eigenvalue weighted by molar-refractivity contribution is 9.09. The lowest BCUT2D eigenvalue weighted by Crippen LogP contribution is -2.26. The number of alkyl halides is 1. The molecule has 78 valence electrons. The van der Waals surface area contributed by atoms with E-state index in [1.807, 2.05) is 6.07 Å². The van der Waals surface area contributed by atoms with E-state index < -0.39 is 5.60 Å². The summed E-state index contributed by atoms with van der Waals surface area (Å²) in [5, 5.41) is 19.5. The van der Waals surface area contributed by atoms with Gasteiger partial charge in [0.25, 0.3) is 0 Å². The molecule has 0 radical (unpaired) electrons. The molecule has 15 heavy (non-hydrogen) atoms. The fourth-order valence-corrected chi connectivity index (χ4v) is 1.92. The van der Waals surface area contributed by atoms with E-state index in [1.165, 1.54) is 0 Å². The highest BCUT2D eigenvalue weighted by atomic mass is 79.9. The van der Waals surface area contributed by atoms with Gasteiger partial charge in [0.2, 0.25) is 0 Å². The number of nitrogens with zero attached hydrogens (tertiary/aromatic N) is 1. The Hall–Kier alpha value is -1.11. The van der Waals surface area contributed by atoms with Gasteiger partial charge in [-0.15, -0.1) is 6.58 Å². The van der Waals surface area contributed by atoms with E-state index in [-0.39, 0.29) is 0 Å². The van der Waals surface area contributed by atoms with Crippen LogP contribution in [0.2, 0.25) is 0 Å². The molecule has 0 aliphatic rings. The highest BCUT2D eigenvalue weighted by Gasteiger charge is 2.26. The summed E-state index contributed by atoms with van der Waals surface area (Å²) >= 11 is 3.28. The van der Waals surface area contributed by atoms with Crippen molar-refractivity contribution >= 4 is 15.9 Å². The molecule has 0 saturated carbocycles. The number of aliphatic hydroxyl groups is 1. The van der Waals surface area contributed by atoms with Gasteiger partial charge < -0.3 is 5.11 Å². The molecule has 0 amide bonds. The average Bonchev–Trinajstić information content (AvgIpc) is 2.29. The third-order valence-corrected chi connectivity index (χ3v) is 3.16. The molecule has 0 bridgehead atoms. The largest absolute Gasteiger partial charge is 0.384 e. The smallest absolute Gasteiger partial charge is 0.103 e. The Labute approximate surface area is 98.0 Å². The van der Waals surface area contributed by atoms with E-state index in [0.717, 1.165) is 5.56 Å². The van der Waals surface area contributed by atoms with Crippen molar-refractivity contribution in [2.45, 2.75) is 12.0 Å². The zero-order valence-electron chi connectivity index (χ0n) is 8.28. The number of halogens is 1. The number of benzene rings is 1. The van der Waals surface area contributed by atoms with Crippen LogP contribution in [0.3, 0.4) is 0 Å². The van der Waals surface area contributed by atoms with Gasteiger partial charge in [0.1, 0.15) is 5.60 Å². The van der Waals surface area contributed by atoms with Crippen LogP contribution in [-0.4, -0.2) is 10.4 Å². The first kappa shape index (κ1) is 12.0. The molecule has 1 aromatic rings. The SMILES string of the molecule is C=CCC(O)(CBr)c1cccc(C#N)c1.